The van der Waals surface area contributed by atoms with Gasteiger partial charge in [0.05, 0.1) is 17.6 Å². The van der Waals surface area contributed by atoms with Crippen LogP contribution in [0.25, 0.3) is 11.0 Å². The Morgan fingerprint density at radius 2 is 2.05 bits per heavy atom. The van der Waals surface area contributed by atoms with Crippen LogP contribution in [-0.4, -0.2) is 27.0 Å². The van der Waals surface area contributed by atoms with E-state index in [0.717, 1.165) is 4.57 Å². The van der Waals surface area contributed by atoms with Crippen molar-refractivity contribution >= 4 is 16.7 Å². The molecule has 19 heavy (non-hydrogen) atoms. The average molecular weight is 277 g/mol. The van der Waals surface area contributed by atoms with Crippen molar-refractivity contribution in [2.45, 2.75) is 25.5 Å². The SMILES string of the molecule is Nc1ccc2c(c1)nc(CO)n2CC(F)(F)C(F)F. The number of nitrogen functional groups attached to an aromatic ring is 1. The fourth-order valence-corrected chi connectivity index (χ4v) is 1.77. The molecule has 0 fully saturated rings. The predicted molar refractivity (Wildman–Crippen MR) is 61.0 cm³/mol. The molecule has 0 aliphatic rings. The quantitative estimate of drug-likeness (QED) is 0.663. The standard InChI is InChI=1S/C11H11F4N3O/c12-10(13)11(14,15)5-18-8-2-1-6(16)3-7(8)17-9(18)4-19/h1-3,10,19H,4-5,16H2. The van der Waals surface area contributed by atoms with E-state index in [-0.39, 0.29) is 16.9 Å². The summed E-state index contributed by atoms with van der Waals surface area (Å²) in [7, 11) is 0. The number of fused-ring (bicyclic) bond motifs is 1. The lowest BCUT2D eigenvalue weighted by Gasteiger charge is -2.17. The first-order valence-electron chi connectivity index (χ1n) is 5.36. The molecule has 1 heterocycles. The van der Waals surface area contributed by atoms with Crippen LogP contribution in [0.1, 0.15) is 5.82 Å². The van der Waals surface area contributed by atoms with Crippen LogP contribution in [0, 0.1) is 0 Å². The van der Waals surface area contributed by atoms with Crippen molar-refractivity contribution in [1.82, 2.24) is 9.55 Å². The van der Waals surface area contributed by atoms with Crippen molar-refractivity contribution in [2.75, 3.05) is 5.73 Å². The Hall–Kier alpha value is -1.83. The monoisotopic (exact) mass is 277 g/mol. The Morgan fingerprint density at radius 1 is 1.37 bits per heavy atom. The number of rotatable bonds is 4. The van der Waals surface area contributed by atoms with Crippen LogP contribution in [0.2, 0.25) is 0 Å². The van der Waals surface area contributed by atoms with Gasteiger partial charge in [-0.3, -0.25) is 0 Å². The molecule has 0 radical (unpaired) electrons. The largest absolute Gasteiger partial charge is 0.399 e. The van der Waals surface area contributed by atoms with E-state index in [2.05, 4.69) is 4.98 Å². The van der Waals surface area contributed by atoms with Crippen LogP contribution in [0.3, 0.4) is 0 Å². The van der Waals surface area contributed by atoms with Gasteiger partial charge < -0.3 is 15.4 Å². The summed E-state index contributed by atoms with van der Waals surface area (Å²) < 4.78 is 51.6. The summed E-state index contributed by atoms with van der Waals surface area (Å²) in [6, 6.07) is 4.27. The predicted octanol–water partition coefficient (Wildman–Crippen LogP) is 2.01. The van der Waals surface area contributed by atoms with Crippen molar-refractivity contribution < 1.29 is 22.7 Å². The van der Waals surface area contributed by atoms with Crippen molar-refractivity contribution in [3.8, 4) is 0 Å². The zero-order chi connectivity index (χ0) is 14.2. The molecule has 3 N–H and O–H groups in total. The fraction of sp³-hybridized carbons (Fsp3) is 0.364. The molecule has 0 bridgehead atoms. The number of hydrogen-bond acceptors (Lipinski definition) is 3. The first-order valence-corrected chi connectivity index (χ1v) is 5.36. The highest BCUT2D eigenvalue weighted by Gasteiger charge is 2.41. The minimum Gasteiger partial charge on any atom is -0.399 e. The van der Waals surface area contributed by atoms with Crippen LogP contribution < -0.4 is 5.73 Å². The maximum absolute atomic E-state index is 13.1. The minimum absolute atomic E-state index is 0.110. The number of nitrogens with two attached hydrogens (primary N) is 1. The third-order valence-corrected chi connectivity index (χ3v) is 2.68. The van der Waals surface area contributed by atoms with Crippen LogP contribution in [0.15, 0.2) is 18.2 Å². The molecular formula is C11H11F4N3O. The Bertz CT molecular complexity index is 597. The highest BCUT2D eigenvalue weighted by atomic mass is 19.3. The molecule has 2 rings (SSSR count). The number of halogens is 4. The van der Waals surface area contributed by atoms with E-state index >= 15 is 0 Å². The Morgan fingerprint density at radius 3 is 2.63 bits per heavy atom. The lowest BCUT2D eigenvalue weighted by Crippen LogP contribution is -2.32. The van der Waals surface area contributed by atoms with Gasteiger partial charge in [-0.25, -0.2) is 13.8 Å². The van der Waals surface area contributed by atoms with E-state index in [1.807, 2.05) is 0 Å². The molecule has 0 atom stereocenters. The van der Waals surface area contributed by atoms with E-state index < -0.39 is 25.5 Å². The summed E-state index contributed by atoms with van der Waals surface area (Å²) in [5, 5.41) is 9.08. The second-order valence-corrected chi connectivity index (χ2v) is 4.08. The number of aliphatic hydroxyl groups excluding tert-OH is 1. The molecule has 1 aromatic carbocycles. The summed E-state index contributed by atoms with van der Waals surface area (Å²) in [4.78, 5) is 3.89. The van der Waals surface area contributed by atoms with Crippen molar-refractivity contribution in [3.63, 3.8) is 0 Å². The zero-order valence-corrected chi connectivity index (χ0v) is 9.65. The third kappa shape index (κ3) is 2.48. The van der Waals surface area contributed by atoms with Gasteiger partial charge in [0.25, 0.3) is 0 Å². The van der Waals surface area contributed by atoms with Gasteiger partial charge in [-0.05, 0) is 18.2 Å². The maximum atomic E-state index is 13.1. The highest BCUT2D eigenvalue weighted by molar-refractivity contribution is 5.79. The van der Waals surface area contributed by atoms with Gasteiger partial charge >= 0.3 is 12.3 Å². The summed E-state index contributed by atoms with van der Waals surface area (Å²) in [5.41, 5.74) is 6.38. The third-order valence-electron chi connectivity index (χ3n) is 2.68. The summed E-state index contributed by atoms with van der Waals surface area (Å²) in [6.07, 6.45) is -3.79. The first kappa shape index (κ1) is 13.6. The van der Waals surface area contributed by atoms with Gasteiger partial charge in [-0.1, -0.05) is 0 Å². The van der Waals surface area contributed by atoms with Gasteiger partial charge in [0, 0.05) is 5.69 Å². The van der Waals surface area contributed by atoms with Crippen LogP contribution in [0.5, 0.6) is 0 Å². The van der Waals surface area contributed by atoms with Gasteiger partial charge in [0.1, 0.15) is 12.4 Å². The Balaban J connectivity index is 2.52. The molecule has 0 saturated carbocycles. The van der Waals surface area contributed by atoms with Gasteiger partial charge in [-0.15, -0.1) is 0 Å². The van der Waals surface area contributed by atoms with Crippen molar-refractivity contribution in [1.29, 1.82) is 0 Å². The molecule has 4 nitrogen and oxygen atoms in total. The number of benzene rings is 1. The number of imidazole rings is 1. The lowest BCUT2D eigenvalue weighted by molar-refractivity contribution is -0.137. The minimum atomic E-state index is -4.20. The zero-order valence-electron chi connectivity index (χ0n) is 9.65. The van der Waals surface area contributed by atoms with Crippen LogP contribution >= 0.6 is 0 Å². The number of anilines is 1. The molecule has 0 aliphatic carbocycles. The number of aromatic nitrogens is 2. The molecule has 1 aromatic heterocycles. The van der Waals surface area contributed by atoms with E-state index in [1.165, 1.54) is 18.2 Å². The number of alkyl halides is 4. The first-order chi connectivity index (χ1) is 8.85. The van der Waals surface area contributed by atoms with Crippen LogP contribution in [-0.2, 0) is 13.2 Å². The summed E-state index contributed by atoms with van der Waals surface area (Å²) in [6.45, 7) is -1.88. The molecule has 8 heteroatoms. The Labute approximate surface area is 105 Å². The average Bonchev–Trinajstić information content (AvgIpc) is 2.65. The Kier molecular flexibility index (Phi) is 3.36. The maximum Gasteiger partial charge on any atom is 0.324 e. The molecule has 0 aliphatic heterocycles. The van der Waals surface area contributed by atoms with Crippen molar-refractivity contribution in [3.05, 3.63) is 24.0 Å². The molecule has 2 aromatic rings. The fourth-order valence-electron chi connectivity index (χ4n) is 1.77. The molecule has 0 unspecified atom stereocenters. The van der Waals surface area contributed by atoms with E-state index in [0.29, 0.717) is 5.69 Å². The smallest absolute Gasteiger partial charge is 0.324 e. The highest BCUT2D eigenvalue weighted by Crippen LogP contribution is 2.28. The van der Waals surface area contributed by atoms with Gasteiger partial charge in [0.2, 0.25) is 0 Å². The summed E-state index contributed by atoms with van der Waals surface area (Å²) in [5.74, 6) is -4.31. The van der Waals surface area contributed by atoms with E-state index in [4.69, 9.17) is 10.8 Å². The molecule has 0 spiro atoms. The molecular weight excluding hydrogens is 266 g/mol. The topological polar surface area (TPSA) is 64.1 Å². The van der Waals surface area contributed by atoms with Gasteiger partial charge in [-0.2, -0.15) is 8.78 Å². The van der Waals surface area contributed by atoms with Crippen LogP contribution in [0.4, 0.5) is 23.2 Å². The van der Waals surface area contributed by atoms with E-state index in [1.54, 1.807) is 0 Å². The van der Waals surface area contributed by atoms with Gasteiger partial charge in [0.15, 0.2) is 0 Å². The number of aliphatic hydroxyl groups is 1. The molecule has 0 saturated heterocycles. The summed E-state index contributed by atoms with van der Waals surface area (Å²) >= 11 is 0. The second-order valence-electron chi connectivity index (χ2n) is 4.08. The normalized spacial score (nSPS) is 12.5. The van der Waals surface area contributed by atoms with E-state index in [9.17, 15) is 17.6 Å². The molecule has 104 valence electrons. The second kappa shape index (κ2) is 4.69. The number of nitrogens with zero attached hydrogens (tertiary/aromatic N) is 2. The molecule has 0 amide bonds. The lowest BCUT2D eigenvalue weighted by atomic mass is 10.2. The number of hydrogen-bond donors (Lipinski definition) is 2. The van der Waals surface area contributed by atoms with Crippen molar-refractivity contribution in [2.24, 2.45) is 0 Å².